The molecule has 4 unspecified atom stereocenters. The van der Waals surface area contributed by atoms with Crippen molar-refractivity contribution >= 4 is 22.9 Å². The first-order chi connectivity index (χ1) is 7.79. The quantitative estimate of drug-likeness (QED) is 0.898. The maximum Gasteiger partial charge on any atom is 0.0627 e. The van der Waals surface area contributed by atoms with Gasteiger partial charge in [0, 0.05) is 16.8 Å². The molecule has 0 radical (unpaired) electrons. The van der Waals surface area contributed by atoms with E-state index in [9.17, 15) is 0 Å². The number of hydrogen-bond acceptors (Lipinski definition) is 3. The Hall–Kier alpha value is -0.0900. The van der Waals surface area contributed by atoms with Crippen LogP contribution in [0.3, 0.4) is 0 Å². The summed E-state index contributed by atoms with van der Waals surface area (Å²) in [5.74, 6) is 0.597. The molecule has 3 rings (SSSR count). The van der Waals surface area contributed by atoms with E-state index in [2.05, 4.69) is 10.7 Å². The minimum absolute atomic E-state index is 0.364. The van der Waals surface area contributed by atoms with Crippen LogP contribution < -0.4 is 5.32 Å². The number of fused-ring (bicyclic) bond motifs is 2. The molecule has 0 aromatic carbocycles. The van der Waals surface area contributed by atoms with E-state index < -0.39 is 0 Å². The van der Waals surface area contributed by atoms with E-state index in [1.54, 1.807) is 11.3 Å². The number of nitrogens with one attached hydrogen (secondary N) is 1. The van der Waals surface area contributed by atoms with Crippen LogP contribution in [-0.2, 0) is 4.74 Å². The van der Waals surface area contributed by atoms with E-state index >= 15 is 0 Å². The van der Waals surface area contributed by atoms with Gasteiger partial charge in [-0.3, -0.25) is 0 Å². The lowest BCUT2D eigenvalue weighted by Crippen LogP contribution is -2.31. The van der Waals surface area contributed by atoms with Gasteiger partial charge >= 0.3 is 0 Å². The van der Waals surface area contributed by atoms with Crippen LogP contribution in [0, 0.1) is 5.92 Å². The molecular weight excluding hydrogens is 242 g/mol. The average molecular weight is 258 g/mol. The molecule has 88 valence electrons. The van der Waals surface area contributed by atoms with Gasteiger partial charge in [0.15, 0.2) is 0 Å². The first kappa shape index (κ1) is 11.0. The fraction of sp³-hybridized carbons (Fsp3) is 0.667. The Morgan fingerprint density at radius 1 is 1.56 bits per heavy atom. The standard InChI is InChI=1S/C12H16ClNOS/c1-14-11(12-9(13)4-5-16-12)8-6-7-2-3-10(8)15-7/h4-5,7-8,10-11,14H,2-3,6H2,1H3. The van der Waals surface area contributed by atoms with E-state index in [1.807, 2.05) is 13.1 Å². The van der Waals surface area contributed by atoms with E-state index in [1.165, 1.54) is 24.1 Å². The molecule has 1 aromatic rings. The molecule has 0 aliphatic carbocycles. The summed E-state index contributed by atoms with van der Waals surface area (Å²) in [6, 6.07) is 2.35. The summed E-state index contributed by atoms with van der Waals surface area (Å²) in [5, 5.41) is 6.38. The maximum absolute atomic E-state index is 6.22. The third-order valence-electron chi connectivity index (χ3n) is 3.82. The molecule has 2 aliphatic heterocycles. The largest absolute Gasteiger partial charge is 0.375 e. The Kier molecular flexibility index (Phi) is 2.96. The van der Waals surface area contributed by atoms with Crippen molar-refractivity contribution in [2.45, 2.75) is 37.5 Å². The number of halogens is 1. The molecule has 1 aromatic heterocycles. The average Bonchev–Trinajstić information content (AvgIpc) is 2.97. The topological polar surface area (TPSA) is 21.3 Å². The van der Waals surface area contributed by atoms with Crippen molar-refractivity contribution in [2.24, 2.45) is 5.92 Å². The highest BCUT2D eigenvalue weighted by atomic mass is 35.5. The first-order valence-electron chi connectivity index (χ1n) is 5.85. The summed E-state index contributed by atoms with van der Waals surface area (Å²) < 4.78 is 5.93. The van der Waals surface area contributed by atoms with E-state index in [-0.39, 0.29) is 0 Å². The predicted molar refractivity (Wildman–Crippen MR) is 67.1 cm³/mol. The van der Waals surface area contributed by atoms with Crippen LogP contribution in [0.1, 0.15) is 30.2 Å². The van der Waals surface area contributed by atoms with Gasteiger partial charge in [0.1, 0.15) is 0 Å². The molecule has 16 heavy (non-hydrogen) atoms. The van der Waals surface area contributed by atoms with Crippen LogP contribution in [0.4, 0.5) is 0 Å². The zero-order chi connectivity index (χ0) is 11.1. The van der Waals surface area contributed by atoms with Gasteiger partial charge in [-0.1, -0.05) is 11.6 Å². The van der Waals surface area contributed by atoms with Crippen molar-refractivity contribution in [1.82, 2.24) is 5.32 Å². The van der Waals surface area contributed by atoms with Gasteiger partial charge in [0.25, 0.3) is 0 Å². The third-order valence-corrected chi connectivity index (χ3v) is 5.26. The van der Waals surface area contributed by atoms with E-state index in [0.29, 0.717) is 24.2 Å². The molecule has 2 aliphatic rings. The molecule has 0 spiro atoms. The number of hydrogen-bond donors (Lipinski definition) is 1. The number of thiophene rings is 1. The molecule has 1 N–H and O–H groups in total. The highest BCUT2D eigenvalue weighted by molar-refractivity contribution is 7.10. The predicted octanol–water partition coefficient (Wildman–Crippen LogP) is 3.23. The van der Waals surface area contributed by atoms with Crippen molar-refractivity contribution in [3.05, 3.63) is 21.3 Å². The Balaban J connectivity index is 1.84. The molecule has 0 amide bonds. The van der Waals surface area contributed by atoms with Crippen LogP contribution in [-0.4, -0.2) is 19.3 Å². The van der Waals surface area contributed by atoms with Crippen molar-refractivity contribution in [3.8, 4) is 0 Å². The van der Waals surface area contributed by atoms with Gasteiger partial charge in [-0.25, -0.2) is 0 Å². The summed E-state index contributed by atoms with van der Waals surface area (Å²) >= 11 is 7.97. The van der Waals surface area contributed by atoms with Crippen LogP contribution in [0.25, 0.3) is 0 Å². The highest BCUT2D eigenvalue weighted by Gasteiger charge is 2.44. The van der Waals surface area contributed by atoms with Gasteiger partial charge in [0.2, 0.25) is 0 Å². The highest BCUT2D eigenvalue weighted by Crippen LogP contribution is 2.46. The van der Waals surface area contributed by atoms with Gasteiger partial charge in [-0.2, -0.15) is 0 Å². The zero-order valence-corrected chi connectivity index (χ0v) is 10.9. The minimum atomic E-state index is 0.364. The Morgan fingerprint density at radius 3 is 2.94 bits per heavy atom. The fourth-order valence-electron chi connectivity index (χ4n) is 3.09. The second kappa shape index (κ2) is 4.30. The SMILES string of the molecule is CNC(c1sccc1Cl)C1CC2CCC1O2. The lowest BCUT2D eigenvalue weighted by Gasteiger charge is -2.27. The van der Waals surface area contributed by atoms with Crippen LogP contribution in [0.15, 0.2) is 11.4 Å². The van der Waals surface area contributed by atoms with Crippen LogP contribution in [0.2, 0.25) is 5.02 Å². The summed E-state index contributed by atoms with van der Waals surface area (Å²) in [7, 11) is 2.02. The smallest absolute Gasteiger partial charge is 0.0627 e. The third kappa shape index (κ3) is 1.70. The van der Waals surface area contributed by atoms with Gasteiger partial charge in [-0.05, 0) is 37.8 Å². The molecule has 3 heterocycles. The second-order valence-electron chi connectivity index (χ2n) is 4.67. The van der Waals surface area contributed by atoms with Gasteiger partial charge < -0.3 is 10.1 Å². The second-order valence-corrected chi connectivity index (χ2v) is 6.03. The first-order valence-corrected chi connectivity index (χ1v) is 7.11. The zero-order valence-electron chi connectivity index (χ0n) is 9.28. The molecule has 2 nitrogen and oxygen atoms in total. The molecule has 2 bridgehead atoms. The monoisotopic (exact) mass is 257 g/mol. The summed E-state index contributed by atoms with van der Waals surface area (Å²) in [6.07, 6.45) is 4.60. The molecule has 4 atom stereocenters. The van der Waals surface area contributed by atoms with Crippen LogP contribution in [0.5, 0.6) is 0 Å². The Labute approximate surface area is 105 Å². The molecular formula is C12H16ClNOS. The summed E-state index contributed by atoms with van der Waals surface area (Å²) in [6.45, 7) is 0. The summed E-state index contributed by atoms with van der Waals surface area (Å²) in [4.78, 5) is 1.27. The normalized spacial score (nSPS) is 34.5. The Bertz CT molecular complexity index is 381. The molecule has 4 heteroatoms. The number of ether oxygens (including phenoxy) is 1. The lowest BCUT2D eigenvalue weighted by atomic mass is 9.83. The molecule has 0 saturated carbocycles. The molecule has 2 fully saturated rings. The van der Waals surface area contributed by atoms with Crippen molar-refractivity contribution in [2.75, 3.05) is 7.05 Å². The minimum Gasteiger partial charge on any atom is -0.375 e. The van der Waals surface area contributed by atoms with Crippen molar-refractivity contribution in [1.29, 1.82) is 0 Å². The fourth-order valence-corrected chi connectivity index (χ4v) is 4.45. The maximum atomic E-state index is 6.22. The van der Waals surface area contributed by atoms with Gasteiger partial charge in [-0.15, -0.1) is 11.3 Å². The van der Waals surface area contributed by atoms with Crippen molar-refractivity contribution < 1.29 is 4.74 Å². The summed E-state index contributed by atoms with van der Waals surface area (Å²) in [5.41, 5.74) is 0. The van der Waals surface area contributed by atoms with Crippen molar-refractivity contribution in [3.63, 3.8) is 0 Å². The van der Waals surface area contributed by atoms with Crippen LogP contribution >= 0.6 is 22.9 Å². The van der Waals surface area contributed by atoms with E-state index in [4.69, 9.17) is 16.3 Å². The van der Waals surface area contributed by atoms with Gasteiger partial charge in [0.05, 0.1) is 17.2 Å². The lowest BCUT2D eigenvalue weighted by molar-refractivity contribution is 0.0865. The number of rotatable bonds is 3. The molecule has 2 saturated heterocycles. The van der Waals surface area contributed by atoms with E-state index in [0.717, 1.165) is 5.02 Å². The Morgan fingerprint density at radius 2 is 2.44 bits per heavy atom.